The molecule has 1 saturated carbocycles. The van der Waals surface area contributed by atoms with E-state index in [0.29, 0.717) is 43.3 Å². The van der Waals surface area contributed by atoms with Crippen molar-refractivity contribution < 1.29 is 14.0 Å². The maximum atomic E-state index is 13.0. The number of hydrogen-bond acceptors (Lipinski definition) is 5. The summed E-state index contributed by atoms with van der Waals surface area (Å²) in [5.41, 5.74) is 2.34. The van der Waals surface area contributed by atoms with Crippen LogP contribution in [0.5, 0.6) is 0 Å². The second-order valence-corrected chi connectivity index (χ2v) is 8.22. The van der Waals surface area contributed by atoms with Crippen molar-refractivity contribution in [2.75, 3.05) is 19.6 Å². The smallest absolute Gasteiger partial charge is 0.291 e. The number of amides is 2. The number of oxazole rings is 1. The van der Waals surface area contributed by atoms with Crippen LogP contribution in [-0.2, 0) is 16.8 Å². The molecular formula is C20H25N5O3. The van der Waals surface area contributed by atoms with Crippen molar-refractivity contribution in [2.45, 2.75) is 51.5 Å². The lowest BCUT2D eigenvalue weighted by molar-refractivity contribution is -0.143. The molecule has 1 aliphatic carbocycles. The van der Waals surface area contributed by atoms with Gasteiger partial charge in [0.25, 0.3) is 5.91 Å². The van der Waals surface area contributed by atoms with Gasteiger partial charge >= 0.3 is 0 Å². The number of carbonyl (C=O) groups is 2. The molecule has 8 nitrogen and oxygen atoms in total. The fraction of sp³-hybridized carbons (Fsp3) is 0.600. The molecule has 1 N–H and O–H groups in total. The Balaban J connectivity index is 1.41. The van der Waals surface area contributed by atoms with Gasteiger partial charge in [-0.15, -0.1) is 0 Å². The van der Waals surface area contributed by atoms with E-state index in [1.54, 1.807) is 20.2 Å². The Hall–Kier alpha value is -2.64. The summed E-state index contributed by atoms with van der Waals surface area (Å²) in [6.07, 6.45) is 5.92. The van der Waals surface area contributed by atoms with E-state index in [-0.39, 0.29) is 17.7 Å². The quantitative estimate of drug-likeness (QED) is 0.855. The highest BCUT2D eigenvalue weighted by atomic mass is 16.4. The Morgan fingerprint density at radius 3 is 2.61 bits per heavy atom. The molecule has 0 radical (unpaired) electrons. The van der Waals surface area contributed by atoms with Crippen LogP contribution < -0.4 is 0 Å². The fourth-order valence-electron chi connectivity index (χ4n) is 4.81. The third kappa shape index (κ3) is 2.57. The first-order chi connectivity index (χ1) is 13.5. The predicted molar refractivity (Wildman–Crippen MR) is 99.5 cm³/mol. The van der Waals surface area contributed by atoms with Crippen molar-refractivity contribution in [1.82, 2.24) is 24.8 Å². The molecular weight excluding hydrogens is 358 g/mol. The number of carbonyl (C=O) groups excluding carboxylic acids is 2. The molecule has 2 aromatic heterocycles. The van der Waals surface area contributed by atoms with E-state index >= 15 is 0 Å². The van der Waals surface area contributed by atoms with Crippen LogP contribution in [0.1, 0.15) is 59.2 Å². The number of aromatic nitrogens is 3. The molecule has 148 valence electrons. The lowest BCUT2D eigenvalue weighted by atomic mass is 9.78. The monoisotopic (exact) mass is 383 g/mol. The van der Waals surface area contributed by atoms with Gasteiger partial charge in [0.05, 0.1) is 23.3 Å². The molecule has 0 unspecified atom stereocenters. The summed E-state index contributed by atoms with van der Waals surface area (Å²) in [5, 5.41) is 0. The standard InChI is InChI=1S/C20H25N5O3/c1-12-16(28-13(2)23-12)19(27)24-9-6-20(7-10-24)17-15(21-11-22-17)5-8-25(20)18(26)14-3-4-14/h11,14H,3-10H2,1-2H3,(H,21,22). The van der Waals surface area contributed by atoms with Gasteiger partial charge in [-0.3, -0.25) is 9.59 Å². The molecule has 8 heteroatoms. The summed E-state index contributed by atoms with van der Waals surface area (Å²) < 4.78 is 5.53. The van der Waals surface area contributed by atoms with E-state index in [2.05, 4.69) is 19.9 Å². The number of hydrogen-bond donors (Lipinski definition) is 1. The topological polar surface area (TPSA) is 95.3 Å². The lowest BCUT2D eigenvalue weighted by Gasteiger charge is -2.50. The van der Waals surface area contributed by atoms with Crippen molar-refractivity contribution in [2.24, 2.45) is 5.92 Å². The van der Waals surface area contributed by atoms with E-state index < -0.39 is 5.54 Å². The summed E-state index contributed by atoms with van der Waals surface area (Å²) in [6.45, 7) is 5.40. The number of nitrogens with zero attached hydrogens (tertiary/aromatic N) is 4. The zero-order chi connectivity index (χ0) is 19.5. The van der Waals surface area contributed by atoms with Crippen LogP contribution in [0.2, 0.25) is 0 Å². The number of H-pyrrole nitrogens is 1. The minimum Gasteiger partial charge on any atom is -0.436 e. The number of rotatable bonds is 2. The summed E-state index contributed by atoms with van der Waals surface area (Å²) in [6, 6.07) is 0. The number of likely N-dealkylation sites (tertiary alicyclic amines) is 1. The largest absolute Gasteiger partial charge is 0.436 e. The Bertz CT molecular complexity index is 934. The van der Waals surface area contributed by atoms with Crippen LogP contribution >= 0.6 is 0 Å². The van der Waals surface area contributed by atoms with Gasteiger partial charge in [0, 0.05) is 44.6 Å². The third-order valence-electron chi connectivity index (χ3n) is 6.43. The van der Waals surface area contributed by atoms with Crippen molar-refractivity contribution in [3.8, 4) is 0 Å². The molecule has 2 fully saturated rings. The van der Waals surface area contributed by atoms with Gasteiger partial charge in [0.15, 0.2) is 5.89 Å². The molecule has 1 saturated heterocycles. The number of imidazole rings is 1. The highest BCUT2D eigenvalue weighted by molar-refractivity contribution is 5.92. The van der Waals surface area contributed by atoms with Crippen molar-refractivity contribution >= 4 is 11.8 Å². The summed E-state index contributed by atoms with van der Waals surface area (Å²) in [5.74, 6) is 1.14. The molecule has 2 aliphatic heterocycles. The maximum Gasteiger partial charge on any atom is 0.291 e. The van der Waals surface area contributed by atoms with Crippen molar-refractivity contribution in [3.05, 3.63) is 35.1 Å². The van der Waals surface area contributed by atoms with Gasteiger partial charge in [0.2, 0.25) is 11.7 Å². The Morgan fingerprint density at radius 1 is 1.21 bits per heavy atom. The van der Waals surface area contributed by atoms with Crippen molar-refractivity contribution in [3.63, 3.8) is 0 Å². The molecule has 5 rings (SSSR count). The lowest BCUT2D eigenvalue weighted by Crippen LogP contribution is -2.59. The summed E-state index contributed by atoms with van der Waals surface area (Å²) in [7, 11) is 0. The molecule has 2 aromatic rings. The summed E-state index contributed by atoms with van der Waals surface area (Å²) >= 11 is 0. The van der Waals surface area contributed by atoms with Crippen molar-refractivity contribution in [1.29, 1.82) is 0 Å². The zero-order valence-corrected chi connectivity index (χ0v) is 16.3. The minimum absolute atomic E-state index is 0.119. The molecule has 0 atom stereocenters. The van der Waals surface area contributed by atoms with Crippen LogP contribution in [0.3, 0.4) is 0 Å². The molecule has 2 amide bonds. The average molecular weight is 383 g/mol. The second kappa shape index (κ2) is 6.18. The number of piperidine rings is 1. The van der Waals surface area contributed by atoms with Crippen LogP contribution in [0.4, 0.5) is 0 Å². The van der Waals surface area contributed by atoms with Gasteiger partial charge in [-0.05, 0) is 32.6 Å². The van der Waals surface area contributed by atoms with E-state index in [9.17, 15) is 9.59 Å². The molecule has 28 heavy (non-hydrogen) atoms. The Labute approximate surface area is 163 Å². The minimum atomic E-state index is -0.406. The number of nitrogens with one attached hydrogen (secondary N) is 1. The second-order valence-electron chi connectivity index (χ2n) is 8.22. The van der Waals surface area contributed by atoms with E-state index in [1.165, 1.54) is 0 Å². The third-order valence-corrected chi connectivity index (χ3v) is 6.43. The SMILES string of the molecule is Cc1nc(C)c(C(=O)N2CCC3(CC2)c2nc[nH]c2CCN3C(=O)C2CC2)o1. The number of aromatic amines is 1. The van der Waals surface area contributed by atoms with Gasteiger partial charge in [0.1, 0.15) is 0 Å². The first kappa shape index (κ1) is 17.5. The molecule has 0 aromatic carbocycles. The van der Waals surface area contributed by atoms with E-state index in [4.69, 9.17) is 4.42 Å². The Kier molecular flexibility index (Phi) is 3.86. The van der Waals surface area contributed by atoms with Crippen LogP contribution in [0.15, 0.2) is 10.7 Å². The van der Waals surface area contributed by atoms with Crippen LogP contribution in [0, 0.1) is 19.8 Å². The highest BCUT2D eigenvalue weighted by Crippen LogP contribution is 2.45. The van der Waals surface area contributed by atoms with E-state index in [1.807, 2.05) is 4.90 Å². The molecule has 4 heterocycles. The van der Waals surface area contributed by atoms with Gasteiger partial charge < -0.3 is 19.2 Å². The zero-order valence-electron chi connectivity index (χ0n) is 16.3. The molecule has 0 bridgehead atoms. The van der Waals surface area contributed by atoms with Crippen LogP contribution in [-0.4, -0.2) is 56.2 Å². The summed E-state index contributed by atoms with van der Waals surface area (Å²) in [4.78, 5) is 41.9. The van der Waals surface area contributed by atoms with Gasteiger partial charge in [-0.1, -0.05) is 0 Å². The first-order valence-electron chi connectivity index (χ1n) is 10.1. The molecule has 1 spiro atoms. The van der Waals surface area contributed by atoms with Gasteiger partial charge in [-0.2, -0.15) is 0 Å². The first-order valence-corrected chi connectivity index (χ1v) is 10.1. The van der Waals surface area contributed by atoms with Gasteiger partial charge in [-0.25, -0.2) is 9.97 Å². The number of fused-ring (bicyclic) bond motifs is 2. The fourth-order valence-corrected chi connectivity index (χ4v) is 4.81. The maximum absolute atomic E-state index is 13.0. The molecule has 3 aliphatic rings. The normalized spacial score (nSPS) is 21.1. The number of aryl methyl sites for hydroxylation is 2. The van der Waals surface area contributed by atoms with E-state index in [0.717, 1.165) is 37.2 Å². The average Bonchev–Trinajstić information content (AvgIpc) is 3.33. The van der Waals surface area contributed by atoms with Crippen LogP contribution in [0.25, 0.3) is 0 Å². The highest BCUT2D eigenvalue weighted by Gasteiger charge is 2.51. The Morgan fingerprint density at radius 2 is 1.96 bits per heavy atom. The predicted octanol–water partition coefficient (Wildman–Crippen LogP) is 1.94.